The van der Waals surface area contributed by atoms with Crippen molar-refractivity contribution in [1.29, 1.82) is 0 Å². The Hall–Kier alpha value is -4.68. The van der Waals surface area contributed by atoms with E-state index in [0.29, 0.717) is 32.5 Å². The number of hydrogen-bond donors (Lipinski definition) is 2. The molecule has 0 aromatic heterocycles. The molecule has 0 spiro atoms. The van der Waals surface area contributed by atoms with Crippen LogP contribution in [0.4, 0.5) is 9.59 Å². The van der Waals surface area contributed by atoms with E-state index in [-0.39, 0.29) is 42.3 Å². The van der Waals surface area contributed by atoms with Crippen LogP contribution in [0.25, 0.3) is 0 Å². The topological polar surface area (TPSA) is 127 Å². The van der Waals surface area contributed by atoms with E-state index in [2.05, 4.69) is 30.7 Å². The molecule has 1 heterocycles. The van der Waals surface area contributed by atoms with Gasteiger partial charge in [0.25, 0.3) is 0 Å². The summed E-state index contributed by atoms with van der Waals surface area (Å²) in [5.74, 6) is -0.879. The van der Waals surface area contributed by atoms with Gasteiger partial charge in [-0.2, -0.15) is 0 Å². The molecule has 1 aliphatic heterocycles. The van der Waals surface area contributed by atoms with E-state index in [9.17, 15) is 19.2 Å². The van der Waals surface area contributed by atoms with Crippen LogP contribution in [0.2, 0.25) is 13.1 Å². The summed E-state index contributed by atoms with van der Waals surface area (Å²) in [6.45, 7) is 17.7. The average Bonchev–Trinajstić information content (AvgIpc) is 3.24. The van der Waals surface area contributed by atoms with Crippen LogP contribution in [0.1, 0.15) is 103 Å². The maximum atomic E-state index is 14.8. The van der Waals surface area contributed by atoms with Gasteiger partial charge in [-0.3, -0.25) is 9.59 Å². The third-order valence-corrected chi connectivity index (χ3v) is 12.3. The predicted molar refractivity (Wildman–Crippen MR) is 249 cm³/mol. The van der Waals surface area contributed by atoms with Crippen LogP contribution in [0, 0.1) is 23.7 Å². The quantitative estimate of drug-likeness (QED) is 0.102. The summed E-state index contributed by atoms with van der Waals surface area (Å²) in [5.41, 5.74) is 2.21. The Kier molecular flexibility index (Phi) is 20.0. The molecule has 1 saturated heterocycles. The van der Waals surface area contributed by atoms with Crippen molar-refractivity contribution < 1.29 is 33.1 Å². The minimum atomic E-state index is -1.65. The number of carbonyl (C=O) groups excluding carboxylic acids is 4. The zero-order valence-corrected chi connectivity index (χ0v) is 40.0. The van der Waals surface area contributed by atoms with Crippen molar-refractivity contribution in [2.75, 3.05) is 26.7 Å². The monoisotopic (exact) mass is 871 g/mol. The first-order chi connectivity index (χ1) is 29.5. The molecule has 0 radical (unpaired) electrons. The standard InChI is InChI=1S/C50H74N4O7Si/c1-10-11-25-41(44(52-48(57)60-50(4,5)6)45(61-62(8)9)40-26-19-14-20-27-40)33-42(32-37-21-15-12-16-22-37)46(55)51-43(36(2)3)47(56)54-30-28-38(29-31-54)34-53(7)49(58)59-35-39-23-17-13-18-24-39/h12-24,26-27,36,38,41-45,62H,10-11,25,28-35H2,1-9H3,(H,51,55)(H,52,57)/t41-,42+,43-,44+,45?/m0/s1. The van der Waals surface area contributed by atoms with Crippen molar-refractivity contribution in [3.8, 4) is 0 Å². The fourth-order valence-corrected chi connectivity index (χ4v) is 9.17. The maximum Gasteiger partial charge on any atom is 0.409 e. The molecule has 4 rings (SSSR count). The highest BCUT2D eigenvalue weighted by Crippen LogP contribution is 2.35. The molecule has 340 valence electrons. The van der Waals surface area contributed by atoms with Gasteiger partial charge in [-0.1, -0.05) is 125 Å². The largest absolute Gasteiger partial charge is 0.445 e. The van der Waals surface area contributed by atoms with E-state index in [0.717, 1.165) is 48.8 Å². The Bertz CT molecular complexity index is 1800. The van der Waals surface area contributed by atoms with Gasteiger partial charge < -0.3 is 34.3 Å². The summed E-state index contributed by atoms with van der Waals surface area (Å²) in [6, 6.07) is 28.4. The normalized spacial score (nSPS) is 15.9. The Labute approximate surface area is 373 Å². The molecule has 1 fully saturated rings. The number of amides is 4. The molecule has 1 unspecified atom stereocenters. The molecular weight excluding hydrogens is 797 g/mol. The van der Waals surface area contributed by atoms with Crippen LogP contribution in [-0.4, -0.2) is 87.2 Å². The molecule has 3 aromatic rings. The lowest BCUT2D eigenvalue weighted by atomic mass is 9.79. The summed E-state index contributed by atoms with van der Waals surface area (Å²) in [6.07, 6.45) is 3.66. The Morgan fingerprint density at radius 3 is 1.98 bits per heavy atom. The van der Waals surface area contributed by atoms with Gasteiger partial charge in [0.05, 0.1) is 12.1 Å². The van der Waals surface area contributed by atoms with Crippen molar-refractivity contribution in [1.82, 2.24) is 20.4 Å². The van der Waals surface area contributed by atoms with E-state index in [1.165, 1.54) is 0 Å². The summed E-state index contributed by atoms with van der Waals surface area (Å²) in [5, 5.41) is 6.51. The molecule has 2 N–H and O–H groups in total. The number of alkyl carbamates (subject to hydrolysis) is 1. The highest BCUT2D eigenvalue weighted by Gasteiger charge is 2.39. The van der Waals surface area contributed by atoms with E-state index in [1.807, 2.05) is 131 Å². The average molecular weight is 871 g/mol. The molecule has 0 saturated carbocycles. The van der Waals surface area contributed by atoms with Gasteiger partial charge in [-0.15, -0.1) is 0 Å². The third kappa shape index (κ3) is 16.5. The Morgan fingerprint density at radius 1 is 0.855 bits per heavy atom. The van der Waals surface area contributed by atoms with Crippen molar-refractivity contribution in [3.63, 3.8) is 0 Å². The molecule has 3 aromatic carbocycles. The SMILES string of the molecule is CCCC[C@@H](C[C@@H](Cc1ccccc1)C(=O)N[C@H](C(=O)N1CCC(CN(C)C(=O)OCc2ccccc2)CC1)C(C)C)[C@@H](NC(=O)OC(C)(C)C)C(O[SiH](C)C)c1ccccc1. The maximum absolute atomic E-state index is 14.8. The van der Waals surface area contributed by atoms with Crippen LogP contribution in [0.15, 0.2) is 91.0 Å². The molecule has 0 bridgehead atoms. The highest BCUT2D eigenvalue weighted by molar-refractivity contribution is 6.48. The van der Waals surface area contributed by atoms with Gasteiger partial charge >= 0.3 is 12.2 Å². The number of piperidine rings is 1. The van der Waals surface area contributed by atoms with Crippen molar-refractivity contribution in [2.45, 2.75) is 130 Å². The number of carbonyl (C=O) groups is 4. The number of nitrogens with one attached hydrogen (secondary N) is 2. The third-order valence-electron chi connectivity index (χ3n) is 11.5. The molecular formula is C50H74N4O7Si. The number of hydrogen-bond acceptors (Lipinski definition) is 7. The summed E-state index contributed by atoms with van der Waals surface area (Å²) in [7, 11) is 0.109. The van der Waals surface area contributed by atoms with Gasteiger partial charge in [0.2, 0.25) is 11.8 Å². The first-order valence-corrected chi connectivity index (χ1v) is 25.6. The highest BCUT2D eigenvalue weighted by atomic mass is 28.3. The molecule has 12 heteroatoms. The summed E-state index contributed by atoms with van der Waals surface area (Å²) >= 11 is 0. The molecule has 0 aliphatic carbocycles. The summed E-state index contributed by atoms with van der Waals surface area (Å²) < 4.78 is 18.2. The lowest BCUT2D eigenvalue weighted by Crippen LogP contribution is -2.55. The molecule has 11 nitrogen and oxygen atoms in total. The van der Waals surface area contributed by atoms with Crippen LogP contribution in [-0.2, 0) is 36.5 Å². The van der Waals surface area contributed by atoms with Gasteiger partial charge in [-0.25, -0.2) is 9.59 Å². The van der Waals surface area contributed by atoms with Gasteiger partial charge in [-0.05, 0) is 100 Å². The number of ether oxygens (including phenoxy) is 2. The van der Waals surface area contributed by atoms with Crippen LogP contribution < -0.4 is 10.6 Å². The van der Waals surface area contributed by atoms with Crippen molar-refractivity contribution in [3.05, 3.63) is 108 Å². The minimum absolute atomic E-state index is 0.0904. The summed E-state index contributed by atoms with van der Waals surface area (Å²) in [4.78, 5) is 59.1. The van der Waals surface area contributed by atoms with Crippen molar-refractivity contribution in [2.24, 2.45) is 23.7 Å². The Balaban J connectivity index is 1.54. The fraction of sp³-hybridized carbons (Fsp3) is 0.560. The van der Waals surface area contributed by atoms with Gasteiger partial charge in [0.1, 0.15) is 18.2 Å². The lowest BCUT2D eigenvalue weighted by Gasteiger charge is -2.38. The van der Waals surface area contributed by atoms with E-state index < -0.39 is 44.8 Å². The van der Waals surface area contributed by atoms with E-state index in [1.54, 1.807) is 11.9 Å². The first-order valence-electron chi connectivity index (χ1n) is 22.8. The number of nitrogens with zero attached hydrogens (tertiary/aromatic N) is 2. The molecule has 4 amide bonds. The smallest absolute Gasteiger partial charge is 0.409 e. The first kappa shape index (κ1) is 50.0. The zero-order chi connectivity index (χ0) is 45.2. The lowest BCUT2D eigenvalue weighted by molar-refractivity contribution is -0.140. The molecule has 5 atom stereocenters. The molecule has 1 aliphatic rings. The van der Waals surface area contributed by atoms with Gasteiger partial charge in [0, 0.05) is 32.6 Å². The van der Waals surface area contributed by atoms with Crippen LogP contribution >= 0.6 is 0 Å². The second kappa shape index (κ2) is 24.8. The second-order valence-electron chi connectivity index (χ2n) is 18.6. The van der Waals surface area contributed by atoms with Gasteiger partial charge in [0.15, 0.2) is 9.04 Å². The minimum Gasteiger partial charge on any atom is -0.445 e. The second-order valence-corrected chi connectivity index (χ2v) is 21.0. The fourth-order valence-electron chi connectivity index (χ4n) is 8.26. The molecule has 62 heavy (non-hydrogen) atoms. The number of unbranched alkanes of at least 4 members (excludes halogenated alkanes) is 1. The van der Waals surface area contributed by atoms with E-state index >= 15 is 0 Å². The van der Waals surface area contributed by atoms with Crippen LogP contribution in [0.5, 0.6) is 0 Å². The van der Waals surface area contributed by atoms with Crippen molar-refractivity contribution >= 4 is 33.0 Å². The number of rotatable bonds is 21. The Morgan fingerprint density at radius 2 is 1.44 bits per heavy atom. The van der Waals surface area contributed by atoms with E-state index in [4.69, 9.17) is 13.9 Å². The zero-order valence-electron chi connectivity index (χ0n) is 38.8. The van der Waals surface area contributed by atoms with Crippen LogP contribution in [0.3, 0.4) is 0 Å². The number of likely N-dealkylation sites (tertiary alicyclic amines) is 1. The number of benzene rings is 3. The predicted octanol–water partition coefficient (Wildman–Crippen LogP) is 9.32.